The number of nitrogens with zero attached hydrogens (tertiary/aromatic N) is 1. The summed E-state index contributed by atoms with van der Waals surface area (Å²) in [5.41, 5.74) is 3.83. The first-order valence-electron chi connectivity index (χ1n) is 11.4. The van der Waals surface area contributed by atoms with E-state index in [0.29, 0.717) is 30.6 Å². The molecule has 0 aliphatic heterocycles. The minimum Gasteiger partial charge on any atom is -0.619 e. The third-order valence-electron chi connectivity index (χ3n) is 8.98. The van der Waals surface area contributed by atoms with Crippen molar-refractivity contribution < 1.29 is 21.9 Å². The first kappa shape index (κ1) is 21.2. The number of rotatable bonds is 3. The van der Waals surface area contributed by atoms with Crippen LogP contribution in [0.1, 0.15) is 64.4 Å². The predicted octanol–water partition coefficient (Wildman–Crippen LogP) is 4.46. The standard InChI is InChI=1S/C24H31NO5S/c1-23-11-9-18(30-31(27,28)29)14-17(23)5-6-19-21-8-7-20(16-4-3-13-25(26)15-16)24(21,2)12-10-22(19)23/h3-5,7,13,15,18-19,21-22H,6,8-12,14H2,1-2H3,(H,27,28,29)/t18-,19-,21-,22-,23-,24+/m0/s1. The lowest BCUT2D eigenvalue weighted by Gasteiger charge is -2.57. The van der Waals surface area contributed by atoms with E-state index in [1.165, 1.54) is 17.3 Å². The van der Waals surface area contributed by atoms with E-state index in [9.17, 15) is 13.6 Å². The average molecular weight is 446 g/mol. The SMILES string of the molecule is C[C@]12CC[C@H](OS(=O)(=O)O)CC1=CC[C@@H]1[C@@H]2CC[C@]2(C)C(c3ccc[n+]([O-])c3)=CC[C@@H]12. The van der Waals surface area contributed by atoms with Gasteiger partial charge in [-0.05, 0) is 85.2 Å². The Morgan fingerprint density at radius 1 is 1.13 bits per heavy atom. The van der Waals surface area contributed by atoms with Crippen LogP contribution < -0.4 is 4.73 Å². The van der Waals surface area contributed by atoms with Crippen molar-refractivity contribution in [3.8, 4) is 0 Å². The van der Waals surface area contributed by atoms with E-state index >= 15 is 0 Å². The maximum atomic E-state index is 11.9. The largest absolute Gasteiger partial charge is 0.619 e. The van der Waals surface area contributed by atoms with Gasteiger partial charge in [0.25, 0.3) is 0 Å². The minimum absolute atomic E-state index is 0.0663. The van der Waals surface area contributed by atoms with Crippen LogP contribution in [0.3, 0.4) is 0 Å². The molecule has 7 heteroatoms. The van der Waals surface area contributed by atoms with Crippen LogP contribution in [0.25, 0.3) is 5.57 Å². The molecule has 1 aromatic rings. The van der Waals surface area contributed by atoms with E-state index in [0.717, 1.165) is 42.4 Å². The molecule has 0 bridgehead atoms. The second-order valence-electron chi connectivity index (χ2n) is 10.4. The van der Waals surface area contributed by atoms with E-state index in [2.05, 4.69) is 32.1 Å². The number of aromatic nitrogens is 1. The van der Waals surface area contributed by atoms with Crippen molar-refractivity contribution in [1.82, 2.24) is 0 Å². The fourth-order valence-electron chi connectivity index (χ4n) is 7.51. The van der Waals surface area contributed by atoms with Gasteiger partial charge in [0.05, 0.1) is 6.10 Å². The average Bonchev–Trinajstić information content (AvgIpc) is 3.04. The molecule has 1 aromatic heterocycles. The van der Waals surface area contributed by atoms with Gasteiger partial charge in [-0.15, -0.1) is 0 Å². The molecule has 31 heavy (non-hydrogen) atoms. The molecule has 0 aromatic carbocycles. The van der Waals surface area contributed by atoms with Crippen molar-refractivity contribution >= 4 is 16.0 Å². The van der Waals surface area contributed by atoms with Crippen molar-refractivity contribution in [2.75, 3.05) is 0 Å². The molecule has 4 aliphatic carbocycles. The molecule has 5 rings (SSSR count). The molecular formula is C24H31NO5S. The van der Waals surface area contributed by atoms with E-state index in [4.69, 9.17) is 8.74 Å². The first-order valence-corrected chi connectivity index (χ1v) is 12.7. The van der Waals surface area contributed by atoms with E-state index in [-0.39, 0.29) is 10.8 Å². The van der Waals surface area contributed by atoms with Gasteiger partial charge in [0.15, 0.2) is 12.4 Å². The van der Waals surface area contributed by atoms with Crippen LogP contribution in [-0.2, 0) is 14.6 Å². The lowest BCUT2D eigenvalue weighted by atomic mass is 9.47. The predicted molar refractivity (Wildman–Crippen MR) is 117 cm³/mol. The Morgan fingerprint density at radius 3 is 2.65 bits per heavy atom. The zero-order valence-electron chi connectivity index (χ0n) is 18.2. The molecule has 6 atom stereocenters. The summed E-state index contributed by atoms with van der Waals surface area (Å²) >= 11 is 0. The van der Waals surface area contributed by atoms with Gasteiger partial charge >= 0.3 is 10.4 Å². The number of fused-ring (bicyclic) bond motifs is 5. The molecule has 0 saturated heterocycles. The summed E-state index contributed by atoms with van der Waals surface area (Å²) in [5, 5.41) is 11.9. The molecule has 0 radical (unpaired) electrons. The number of pyridine rings is 1. The highest BCUT2D eigenvalue weighted by Crippen LogP contribution is 2.66. The highest BCUT2D eigenvalue weighted by molar-refractivity contribution is 7.80. The van der Waals surface area contributed by atoms with Crippen molar-refractivity contribution in [3.05, 3.63) is 53.0 Å². The topological polar surface area (TPSA) is 90.5 Å². The second-order valence-corrected chi connectivity index (χ2v) is 11.5. The summed E-state index contributed by atoms with van der Waals surface area (Å²) in [6, 6.07) is 3.88. The van der Waals surface area contributed by atoms with E-state index in [1.807, 2.05) is 6.07 Å². The van der Waals surface area contributed by atoms with E-state index < -0.39 is 16.5 Å². The Bertz CT molecular complexity index is 1060. The normalized spacial score (nSPS) is 39.7. The number of hydrogen-bond donors (Lipinski definition) is 1. The Labute approximate surface area is 184 Å². The summed E-state index contributed by atoms with van der Waals surface area (Å²) in [7, 11) is -4.42. The van der Waals surface area contributed by atoms with Crippen LogP contribution in [0.4, 0.5) is 0 Å². The Kier molecular flexibility index (Phi) is 4.88. The highest BCUT2D eigenvalue weighted by Gasteiger charge is 2.57. The quantitative estimate of drug-likeness (QED) is 0.321. The lowest BCUT2D eigenvalue weighted by molar-refractivity contribution is -0.605. The van der Waals surface area contributed by atoms with Crippen LogP contribution in [-0.4, -0.2) is 19.1 Å². The Balaban J connectivity index is 1.40. The third kappa shape index (κ3) is 3.45. The summed E-state index contributed by atoms with van der Waals surface area (Å²) in [6.45, 7) is 4.73. The molecule has 0 spiro atoms. The number of allylic oxidation sites excluding steroid dienone is 3. The third-order valence-corrected chi connectivity index (χ3v) is 9.50. The lowest BCUT2D eigenvalue weighted by Crippen LogP contribution is -2.50. The van der Waals surface area contributed by atoms with Crippen LogP contribution in [0.15, 0.2) is 42.3 Å². The van der Waals surface area contributed by atoms with Crippen molar-refractivity contribution in [2.45, 2.75) is 64.9 Å². The molecule has 1 N–H and O–H groups in total. The first-order chi connectivity index (χ1) is 14.6. The monoisotopic (exact) mass is 445 g/mol. The van der Waals surface area contributed by atoms with Crippen molar-refractivity contribution in [1.29, 1.82) is 0 Å². The summed E-state index contributed by atoms with van der Waals surface area (Å²) in [5.74, 6) is 1.72. The molecule has 0 amide bonds. The molecule has 168 valence electrons. The minimum atomic E-state index is -4.42. The molecule has 6 nitrogen and oxygen atoms in total. The molecule has 4 aliphatic rings. The van der Waals surface area contributed by atoms with Crippen LogP contribution in [0.5, 0.6) is 0 Å². The molecule has 1 heterocycles. The summed E-state index contributed by atoms with van der Waals surface area (Å²) in [6.07, 6.45) is 13.9. The second kappa shape index (κ2) is 7.15. The van der Waals surface area contributed by atoms with Crippen molar-refractivity contribution in [2.24, 2.45) is 28.6 Å². The van der Waals surface area contributed by atoms with Crippen molar-refractivity contribution in [3.63, 3.8) is 0 Å². The Hall–Kier alpha value is -1.70. The smallest absolute Gasteiger partial charge is 0.397 e. The maximum absolute atomic E-state index is 11.9. The molecule has 0 unspecified atom stereocenters. The zero-order valence-corrected chi connectivity index (χ0v) is 19.0. The van der Waals surface area contributed by atoms with Crippen LogP contribution >= 0.6 is 0 Å². The molecular weight excluding hydrogens is 414 g/mol. The zero-order chi connectivity index (χ0) is 22.0. The summed E-state index contributed by atoms with van der Waals surface area (Å²) in [4.78, 5) is 0. The molecule has 2 fully saturated rings. The van der Waals surface area contributed by atoms with Gasteiger partial charge in [-0.3, -0.25) is 4.55 Å². The number of hydrogen-bond acceptors (Lipinski definition) is 4. The van der Waals surface area contributed by atoms with Gasteiger partial charge < -0.3 is 5.21 Å². The van der Waals surface area contributed by atoms with Gasteiger partial charge in [0.2, 0.25) is 0 Å². The Morgan fingerprint density at radius 2 is 1.90 bits per heavy atom. The summed E-state index contributed by atoms with van der Waals surface area (Å²) < 4.78 is 37.3. The van der Waals surface area contributed by atoms with Crippen LogP contribution in [0.2, 0.25) is 0 Å². The van der Waals surface area contributed by atoms with Gasteiger partial charge in [0.1, 0.15) is 0 Å². The van der Waals surface area contributed by atoms with Gasteiger partial charge in [0, 0.05) is 11.6 Å². The highest BCUT2D eigenvalue weighted by atomic mass is 32.3. The maximum Gasteiger partial charge on any atom is 0.397 e. The molecule has 2 saturated carbocycles. The van der Waals surface area contributed by atoms with Crippen LogP contribution in [0, 0.1) is 33.8 Å². The fourth-order valence-corrected chi connectivity index (χ4v) is 8.02. The fraction of sp³-hybridized carbons (Fsp3) is 0.625. The van der Waals surface area contributed by atoms with Gasteiger partial charge in [-0.2, -0.15) is 13.1 Å². The van der Waals surface area contributed by atoms with Gasteiger partial charge in [-0.25, -0.2) is 4.18 Å². The van der Waals surface area contributed by atoms with E-state index in [1.54, 1.807) is 6.20 Å². The van der Waals surface area contributed by atoms with Gasteiger partial charge in [-0.1, -0.05) is 31.6 Å².